The molecule has 0 radical (unpaired) electrons. The van der Waals surface area contributed by atoms with Crippen LogP contribution >= 0.6 is 22.6 Å². The van der Waals surface area contributed by atoms with Gasteiger partial charge in [0, 0.05) is 13.2 Å². The van der Waals surface area contributed by atoms with Crippen LogP contribution in [0.3, 0.4) is 0 Å². The summed E-state index contributed by atoms with van der Waals surface area (Å²) >= 11 is 2.15. The molecule has 3 nitrogen and oxygen atoms in total. The molecule has 0 aromatic rings. The Morgan fingerprint density at radius 3 is 2.58 bits per heavy atom. The zero-order chi connectivity index (χ0) is 9.23. The lowest BCUT2D eigenvalue weighted by atomic mass is 10.2. The normalized spacial score (nSPS) is 13.2. The fourth-order valence-electron chi connectivity index (χ4n) is 0.894. The third kappa shape index (κ3) is 7.27. The Balaban J connectivity index is 3.34. The van der Waals surface area contributed by atoms with Crippen LogP contribution in [0.2, 0.25) is 0 Å². The van der Waals surface area contributed by atoms with E-state index >= 15 is 0 Å². The third-order valence-electron chi connectivity index (χ3n) is 1.45. The molecular weight excluding hydrogens is 271 g/mol. The van der Waals surface area contributed by atoms with Crippen molar-refractivity contribution in [3.63, 3.8) is 0 Å². The van der Waals surface area contributed by atoms with E-state index in [1.807, 2.05) is 6.92 Å². The summed E-state index contributed by atoms with van der Waals surface area (Å²) < 4.78 is 11.3. The fraction of sp³-hybridized carbons (Fsp3) is 1.00. The number of hydrogen-bond acceptors (Lipinski definition) is 3. The summed E-state index contributed by atoms with van der Waals surface area (Å²) in [6.07, 6.45) is 2.57. The Hall–Kier alpha value is 0.610. The highest BCUT2D eigenvalue weighted by Crippen LogP contribution is 2.07. The topological polar surface area (TPSA) is 38.7 Å². The summed E-state index contributed by atoms with van der Waals surface area (Å²) in [6.45, 7) is 2.89. The molecule has 0 amide bonds. The molecule has 0 aromatic carbocycles. The van der Waals surface area contributed by atoms with E-state index in [1.165, 1.54) is 0 Å². The average molecular weight is 288 g/mol. The molecule has 1 N–H and O–H groups in total. The smallest absolute Gasteiger partial charge is 0.158 e. The van der Waals surface area contributed by atoms with Gasteiger partial charge in [0.25, 0.3) is 0 Å². The molecular formula is C8H17IO3. The zero-order valence-corrected chi connectivity index (χ0v) is 9.62. The van der Waals surface area contributed by atoms with E-state index in [2.05, 4.69) is 22.6 Å². The predicted octanol–water partition coefficient (Wildman–Crippen LogP) is 1.92. The number of halogens is 1. The molecule has 0 aliphatic heterocycles. The molecule has 0 bridgehead atoms. The third-order valence-corrected chi connectivity index (χ3v) is 1.81. The largest absolute Gasteiger partial charge is 0.396 e. The first-order valence-electron chi connectivity index (χ1n) is 4.25. The van der Waals surface area contributed by atoms with Crippen LogP contribution in [0.4, 0.5) is 0 Å². The van der Waals surface area contributed by atoms with Crippen molar-refractivity contribution in [2.75, 3.05) is 17.8 Å². The van der Waals surface area contributed by atoms with E-state index in [9.17, 15) is 0 Å². The van der Waals surface area contributed by atoms with E-state index in [-0.39, 0.29) is 12.9 Å². The molecule has 0 fully saturated rings. The molecule has 74 valence electrons. The number of hydrogen-bond donors (Lipinski definition) is 1. The van der Waals surface area contributed by atoms with E-state index in [4.69, 9.17) is 14.6 Å². The second kappa shape index (κ2) is 9.70. The Morgan fingerprint density at radius 1 is 1.33 bits per heavy atom. The number of aliphatic hydroxyl groups excluding tert-OH is 1. The summed E-state index contributed by atoms with van der Waals surface area (Å²) in [5.41, 5.74) is 0. The van der Waals surface area contributed by atoms with Gasteiger partial charge in [-0.25, -0.2) is 0 Å². The maximum Gasteiger partial charge on any atom is 0.158 e. The first-order chi connectivity index (χ1) is 5.85. The van der Waals surface area contributed by atoms with E-state index < -0.39 is 0 Å². The average Bonchev–Trinajstić information content (AvgIpc) is 2.06. The molecule has 12 heavy (non-hydrogen) atoms. The second-order valence-corrected chi connectivity index (χ2v) is 3.00. The van der Waals surface area contributed by atoms with E-state index in [1.54, 1.807) is 0 Å². The first-order valence-corrected chi connectivity index (χ1v) is 5.77. The van der Waals surface area contributed by atoms with E-state index in [0.717, 1.165) is 19.3 Å². The summed E-state index contributed by atoms with van der Waals surface area (Å²) in [7, 11) is 0. The van der Waals surface area contributed by atoms with Crippen molar-refractivity contribution < 1.29 is 14.6 Å². The Morgan fingerprint density at radius 2 is 2.08 bits per heavy atom. The van der Waals surface area contributed by atoms with Gasteiger partial charge >= 0.3 is 0 Å². The lowest BCUT2D eigenvalue weighted by molar-refractivity contribution is -0.127. The van der Waals surface area contributed by atoms with Gasteiger partial charge < -0.3 is 14.6 Å². The molecule has 0 heterocycles. The van der Waals surface area contributed by atoms with Gasteiger partial charge in [-0.05, 0) is 26.2 Å². The van der Waals surface area contributed by atoms with Gasteiger partial charge in [0.15, 0.2) is 6.29 Å². The fourth-order valence-corrected chi connectivity index (χ4v) is 1.29. The highest BCUT2D eigenvalue weighted by Gasteiger charge is 2.06. The molecule has 0 aliphatic carbocycles. The van der Waals surface area contributed by atoms with E-state index in [0.29, 0.717) is 11.2 Å². The minimum Gasteiger partial charge on any atom is -0.396 e. The monoisotopic (exact) mass is 288 g/mol. The lowest BCUT2D eigenvalue weighted by Gasteiger charge is -2.15. The van der Waals surface area contributed by atoms with Gasteiger partial charge in [0.2, 0.25) is 0 Å². The van der Waals surface area contributed by atoms with Gasteiger partial charge in [0.1, 0.15) is 4.61 Å². The molecule has 1 atom stereocenters. The lowest BCUT2D eigenvalue weighted by Crippen LogP contribution is -2.16. The van der Waals surface area contributed by atoms with Crippen molar-refractivity contribution in [1.82, 2.24) is 0 Å². The summed E-state index contributed by atoms with van der Waals surface area (Å²) in [4.78, 5) is 0. The second-order valence-electron chi connectivity index (χ2n) is 2.38. The van der Waals surface area contributed by atoms with Gasteiger partial charge in [0.05, 0.1) is 0 Å². The molecule has 0 aromatic heterocycles. The molecule has 0 rings (SSSR count). The zero-order valence-electron chi connectivity index (χ0n) is 7.46. The minimum absolute atomic E-state index is 0.0848. The van der Waals surface area contributed by atoms with Crippen LogP contribution in [0.5, 0.6) is 0 Å². The van der Waals surface area contributed by atoms with Crippen molar-refractivity contribution in [2.24, 2.45) is 0 Å². The number of unbranched alkanes of at least 4 members (excludes halogenated alkanes) is 1. The van der Waals surface area contributed by atoms with Crippen LogP contribution in [-0.2, 0) is 9.47 Å². The quantitative estimate of drug-likeness (QED) is 0.321. The number of alkyl halides is 1. The summed E-state index contributed by atoms with van der Waals surface area (Å²) in [5, 5.41) is 8.56. The van der Waals surface area contributed by atoms with Crippen molar-refractivity contribution in [2.45, 2.75) is 32.5 Å². The molecule has 0 aliphatic rings. The number of ether oxygens (including phenoxy) is 2. The Labute approximate surface area is 87.6 Å². The molecule has 4 heteroatoms. The maximum atomic E-state index is 8.56. The SMILES string of the molecule is CCOC(CCCCO)OCI. The number of rotatable bonds is 8. The van der Waals surface area contributed by atoms with Crippen LogP contribution < -0.4 is 0 Å². The van der Waals surface area contributed by atoms with Crippen LogP contribution in [0.25, 0.3) is 0 Å². The van der Waals surface area contributed by atoms with Crippen LogP contribution in [-0.4, -0.2) is 29.2 Å². The highest BCUT2D eigenvalue weighted by atomic mass is 127. The van der Waals surface area contributed by atoms with Crippen LogP contribution in [0.1, 0.15) is 26.2 Å². The van der Waals surface area contributed by atoms with Crippen molar-refractivity contribution in [1.29, 1.82) is 0 Å². The van der Waals surface area contributed by atoms with Gasteiger partial charge in [-0.2, -0.15) is 0 Å². The molecule has 0 spiro atoms. The predicted molar refractivity (Wildman–Crippen MR) is 56.3 cm³/mol. The van der Waals surface area contributed by atoms with Crippen LogP contribution in [0.15, 0.2) is 0 Å². The van der Waals surface area contributed by atoms with Crippen molar-refractivity contribution in [3.8, 4) is 0 Å². The minimum atomic E-state index is -0.0848. The van der Waals surface area contributed by atoms with Gasteiger partial charge in [-0.15, -0.1) is 0 Å². The first kappa shape index (κ1) is 12.6. The van der Waals surface area contributed by atoms with Gasteiger partial charge in [-0.1, -0.05) is 22.6 Å². The molecule has 0 saturated heterocycles. The number of aliphatic hydroxyl groups is 1. The molecule has 1 unspecified atom stereocenters. The van der Waals surface area contributed by atoms with Gasteiger partial charge in [-0.3, -0.25) is 0 Å². The maximum absolute atomic E-state index is 8.56. The Bertz CT molecular complexity index is 84.4. The highest BCUT2D eigenvalue weighted by molar-refractivity contribution is 14.1. The molecule has 0 saturated carbocycles. The summed E-state index contributed by atoms with van der Waals surface area (Å²) in [6, 6.07) is 0. The van der Waals surface area contributed by atoms with Crippen molar-refractivity contribution in [3.05, 3.63) is 0 Å². The Kier molecular flexibility index (Phi) is 10.2. The standard InChI is InChI=1S/C8H17IO3/c1-2-11-8(12-7-9)5-3-4-6-10/h8,10H,2-7H2,1H3. The summed E-state index contributed by atoms with van der Waals surface area (Å²) in [5.74, 6) is 0. The van der Waals surface area contributed by atoms with Crippen molar-refractivity contribution >= 4 is 22.6 Å². The van der Waals surface area contributed by atoms with Crippen LogP contribution in [0, 0.1) is 0 Å².